The van der Waals surface area contributed by atoms with Crippen LogP contribution in [0.25, 0.3) is 0 Å². The van der Waals surface area contributed by atoms with Gasteiger partial charge in [-0.1, -0.05) is 378 Å². The van der Waals surface area contributed by atoms with E-state index in [1.807, 2.05) is 0 Å². The zero-order chi connectivity index (χ0) is 59.9. The average Bonchev–Trinajstić information content (AvgIpc) is 3.49. The molecule has 0 saturated carbocycles. The van der Waals surface area contributed by atoms with Gasteiger partial charge in [0, 0.05) is 19.3 Å². The third kappa shape index (κ3) is 70.0. The third-order valence-corrected chi connectivity index (χ3v) is 16.8. The summed E-state index contributed by atoms with van der Waals surface area (Å²) in [6, 6.07) is 0. The van der Waals surface area contributed by atoms with Gasteiger partial charge in [0.25, 0.3) is 0 Å². The summed E-state index contributed by atoms with van der Waals surface area (Å²) in [6.45, 7) is 6.61. The Morgan fingerprint density at radius 3 is 0.735 bits per heavy atom. The Hall–Kier alpha value is -2.63. The van der Waals surface area contributed by atoms with E-state index in [1.54, 1.807) is 0 Å². The Morgan fingerprint density at radius 1 is 0.253 bits per heavy atom. The van der Waals surface area contributed by atoms with Crippen molar-refractivity contribution in [2.24, 2.45) is 0 Å². The molecule has 1 atom stereocenters. The molecular weight excluding hydrogens is 1020 g/mol. The van der Waals surface area contributed by atoms with Gasteiger partial charge in [0.2, 0.25) is 0 Å². The van der Waals surface area contributed by atoms with Crippen LogP contribution in [0, 0.1) is 0 Å². The Balaban J connectivity index is 4.08. The molecule has 0 aliphatic rings. The first-order valence-corrected chi connectivity index (χ1v) is 37.1. The molecule has 0 fully saturated rings. The van der Waals surface area contributed by atoms with Crippen molar-refractivity contribution in [3.05, 3.63) is 48.6 Å². The topological polar surface area (TPSA) is 78.9 Å². The quantitative estimate of drug-likeness (QED) is 0.0261. The minimum atomic E-state index is -0.767. The summed E-state index contributed by atoms with van der Waals surface area (Å²) < 4.78 is 17.0. The highest BCUT2D eigenvalue weighted by Gasteiger charge is 2.20. The van der Waals surface area contributed by atoms with Gasteiger partial charge in [0.1, 0.15) is 13.2 Å². The molecular formula is C77H142O6. The molecule has 0 spiro atoms. The van der Waals surface area contributed by atoms with Crippen molar-refractivity contribution in [2.45, 2.75) is 412 Å². The molecule has 486 valence electrons. The number of rotatable bonds is 69. The van der Waals surface area contributed by atoms with Crippen molar-refractivity contribution in [1.29, 1.82) is 0 Å². The Bertz CT molecular complexity index is 1430. The largest absolute Gasteiger partial charge is 0.462 e. The molecule has 1 unspecified atom stereocenters. The summed E-state index contributed by atoms with van der Waals surface area (Å²) >= 11 is 0. The third-order valence-electron chi connectivity index (χ3n) is 16.8. The minimum Gasteiger partial charge on any atom is -0.462 e. The van der Waals surface area contributed by atoms with E-state index in [2.05, 4.69) is 69.4 Å². The number of unbranched alkanes of at least 4 members (excludes halogenated alkanes) is 50. The number of ether oxygens (including phenoxy) is 3. The van der Waals surface area contributed by atoms with Gasteiger partial charge in [-0.25, -0.2) is 0 Å². The molecule has 0 N–H and O–H groups in total. The first-order valence-electron chi connectivity index (χ1n) is 37.1. The molecule has 0 amide bonds. The second-order valence-corrected chi connectivity index (χ2v) is 25.2. The maximum absolute atomic E-state index is 12.9. The number of hydrogen-bond acceptors (Lipinski definition) is 6. The van der Waals surface area contributed by atoms with Crippen molar-refractivity contribution in [3.8, 4) is 0 Å². The van der Waals surface area contributed by atoms with Crippen molar-refractivity contribution in [1.82, 2.24) is 0 Å². The van der Waals surface area contributed by atoms with Crippen molar-refractivity contribution >= 4 is 17.9 Å². The molecule has 0 radical (unpaired) electrons. The lowest BCUT2D eigenvalue weighted by atomic mass is 10.0. The van der Waals surface area contributed by atoms with Crippen LogP contribution in [-0.4, -0.2) is 37.2 Å². The monoisotopic (exact) mass is 1160 g/mol. The number of allylic oxidation sites excluding steroid dienone is 8. The minimum absolute atomic E-state index is 0.0637. The van der Waals surface area contributed by atoms with Crippen LogP contribution in [-0.2, 0) is 28.6 Å². The lowest BCUT2D eigenvalue weighted by Gasteiger charge is -2.18. The number of esters is 3. The first-order chi connectivity index (χ1) is 41.0. The zero-order valence-electron chi connectivity index (χ0n) is 56.0. The lowest BCUT2D eigenvalue weighted by molar-refractivity contribution is -0.167. The van der Waals surface area contributed by atoms with E-state index in [0.717, 1.165) is 83.5 Å². The van der Waals surface area contributed by atoms with E-state index in [0.29, 0.717) is 19.3 Å². The molecule has 0 heterocycles. The standard InChI is InChI=1S/C77H142O6/c1-4-7-10-13-16-19-22-25-28-29-30-31-32-33-34-35-36-37-38-39-40-41-42-43-44-45-46-47-50-52-55-58-61-64-67-70-76(79)82-73-74(83-77(80)71-68-65-62-59-56-53-49-27-24-21-18-15-12-9-6-3)72-81-75(78)69-66-63-60-57-54-51-48-26-23-20-17-14-11-8-5-2/h7,10,16,19,25,28,30-31,74H,4-6,8-9,11-15,17-18,20-24,26-27,29,32-73H2,1-3H3/b10-7-,19-16-,28-25-,31-30-. The maximum atomic E-state index is 12.9. The molecule has 0 aromatic carbocycles. The summed E-state index contributed by atoms with van der Waals surface area (Å²) in [5.74, 6) is -0.829. The molecule has 6 heteroatoms. The molecule has 0 aromatic heterocycles. The van der Waals surface area contributed by atoms with Gasteiger partial charge >= 0.3 is 17.9 Å². The van der Waals surface area contributed by atoms with Crippen molar-refractivity contribution in [2.75, 3.05) is 13.2 Å². The molecule has 0 aliphatic carbocycles. The van der Waals surface area contributed by atoms with E-state index >= 15 is 0 Å². The Morgan fingerprint density at radius 2 is 0.470 bits per heavy atom. The van der Waals surface area contributed by atoms with Gasteiger partial charge < -0.3 is 14.2 Å². The van der Waals surface area contributed by atoms with E-state index < -0.39 is 6.10 Å². The number of carbonyl (C=O) groups is 3. The van der Waals surface area contributed by atoms with Crippen LogP contribution in [0.3, 0.4) is 0 Å². The second kappa shape index (κ2) is 71.8. The Labute approximate surface area is 518 Å². The van der Waals surface area contributed by atoms with Crippen LogP contribution in [0.1, 0.15) is 406 Å². The number of hydrogen-bond donors (Lipinski definition) is 0. The van der Waals surface area contributed by atoms with E-state index in [-0.39, 0.29) is 31.1 Å². The predicted octanol–water partition coefficient (Wildman–Crippen LogP) is 25.7. The fourth-order valence-electron chi connectivity index (χ4n) is 11.3. The summed E-state index contributed by atoms with van der Waals surface area (Å²) in [6.07, 6.45) is 91.6. The molecule has 0 rings (SSSR count). The van der Waals surface area contributed by atoms with Crippen LogP contribution in [0.5, 0.6) is 0 Å². The van der Waals surface area contributed by atoms with Crippen LogP contribution in [0.4, 0.5) is 0 Å². The van der Waals surface area contributed by atoms with Crippen LogP contribution in [0.2, 0.25) is 0 Å². The fourth-order valence-corrected chi connectivity index (χ4v) is 11.3. The predicted molar refractivity (Wildman–Crippen MR) is 362 cm³/mol. The highest BCUT2D eigenvalue weighted by atomic mass is 16.6. The Kier molecular flexibility index (Phi) is 69.6. The van der Waals surface area contributed by atoms with Crippen molar-refractivity contribution in [3.63, 3.8) is 0 Å². The molecule has 0 aliphatic heterocycles. The van der Waals surface area contributed by atoms with Crippen LogP contribution >= 0.6 is 0 Å². The van der Waals surface area contributed by atoms with Crippen molar-refractivity contribution < 1.29 is 28.6 Å². The van der Waals surface area contributed by atoms with Gasteiger partial charge in [-0.05, 0) is 57.8 Å². The molecule has 0 saturated heterocycles. The lowest BCUT2D eigenvalue weighted by Crippen LogP contribution is -2.30. The molecule has 6 nitrogen and oxygen atoms in total. The second-order valence-electron chi connectivity index (χ2n) is 25.2. The summed E-state index contributed by atoms with van der Waals surface area (Å²) in [7, 11) is 0. The van der Waals surface area contributed by atoms with Gasteiger partial charge in [-0.15, -0.1) is 0 Å². The van der Waals surface area contributed by atoms with Gasteiger partial charge in [0.05, 0.1) is 0 Å². The van der Waals surface area contributed by atoms with Crippen LogP contribution < -0.4 is 0 Å². The van der Waals surface area contributed by atoms with E-state index in [9.17, 15) is 14.4 Å². The number of carbonyl (C=O) groups excluding carboxylic acids is 3. The molecule has 83 heavy (non-hydrogen) atoms. The summed E-state index contributed by atoms with van der Waals surface area (Å²) in [5, 5.41) is 0. The average molecular weight is 1160 g/mol. The SMILES string of the molecule is CC/C=C\C/C=C\C/C=C\C/C=C\CCCCCCCCCCCCCCCCCCCCCCCCC(=O)OCC(COC(=O)CCCCCCCCCCCCCCCCC)OC(=O)CCCCCCCCCCCCCCCCC. The van der Waals surface area contributed by atoms with Gasteiger partial charge in [-0.3, -0.25) is 14.4 Å². The van der Waals surface area contributed by atoms with Gasteiger partial charge in [-0.2, -0.15) is 0 Å². The van der Waals surface area contributed by atoms with Crippen LogP contribution in [0.15, 0.2) is 48.6 Å². The maximum Gasteiger partial charge on any atom is 0.306 e. The van der Waals surface area contributed by atoms with E-state index in [1.165, 1.54) is 283 Å². The summed E-state index contributed by atoms with van der Waals surface area (Å²) in [5.41, 5.74) is 0. The molecule has 0 aromatic rings. The van der Waals surface area contributed by atoms with E-state index in [4.69, 9.17) is 14.2 Å². The summed E-state index contributed by atoms with van der Waals surface area (Å²) in [4.78, 5) is 38.4. The highest BCUT2D eigenvalue weighted by molar-refractivity contribution is 5.71. The fraction of sp³-hybridized carbons (Fsp3) is 0.857. The first kappa shape index (κ1) is 80.4. The molecule has 0 bridgehead atoms. The zero-order valence-corrected chi connectivity index (χ0v) is 56.0. The highest BCUT2D eigenvalue weighted by Crippen LogP contribution is 2.19. The normalized spacial score (nSPS) is 12.3. The van der Waals surface area contributed by atoms with Gasteiger partial charge in [0.15, 0.2) is 6.10 Å². The smallest absolute Gasteiger partial charge is 0.306 e.